The number of ether oxygens (including phenoxy) is 1. The molecule has 2 atom stereocenters. The molecule has 0 aliphatic carbocycles. The molecule has 0 unspecified atom stereocenters. The van der Waals surface area contributed by atoms with Gasteiger partial charge in [-0.1, -0.05) is 91.0 Å². The zero-order chi connectivity index (χ0) is 22.6. The van der Waals surface area contributed by atoms with Crippen molar-refractivity contribution in [2.45, 2.75) is 38.4 Å². The van der Waals surface area contributed by atoms with Gasteiger partial charge in [0.15, 0.2) is 0 Å². The van der Waals surface area contributed by atoms with Crippen LogP contribution < -0.4 is 10.6 Å². The maximum atomic E-state index is 13.3. The molecule has 5 nitrogen and oxygen atoms in total. The monoisotopic (exact) mass is 430 g/mol. The van der Waals surface area contributed by atoms with Gasteiger partial charge < -0.3 is 15.4 Å². The molecule has 3 aromatic rings. The van der Waals surface area contributed by atoms with E-state index in [0.29, 0.717) is 19.4 Å². The average molecular weight is 431 g/mol. The van der Waals surface area contributed by atoms with E-state index in [1.54, 1.807) is 0 Å². The van der Waals surface area contributed by atoms with Gasteiger partial charge in [0.25, 0.3) is 0 Å². The molecule has 0 heterocycles. The molecule has 0 spiro atoms. The molecule has 32 heavy (non-hydrogen) atoms. The average Bonchev–Trinajstić information content (AvgIpc) is 2.82. The van der Waals surface area contributed by atoms with Gasteiger partial charge in [0.2, 0.25) is 5.91 Å². The molecule has 0 bridgehead atoms. The van der Waals surface area contributed by atoms with Crippen molar-refractivity contribution in [3.05, 3.63) is 108 Å². The van der Waals surface area contributed by atoms with Crippen molar-refractivity contribution in [3.8, 4) is 0 Å². The van der Waals surface area contributed by atoms with E-state index in [9.17, 15) is 9.59 Å². The lowest BCUT2D eigenvalue weighted by molar-refractivity contribution is -0.142. The summed E-state index contributed by atoms with van der Waals surface area (Å²) in [6.45, 7) is 2.09. The minimum absolute atomic E-state index is 0.113. The maximum Gasteiger partial charge on any atom is 0.302 e. The summed E-state index contributed by atoms with van der Waals surface area (Å²) >= 11 is 0. The predicted molar refractivity (Wildman–Crippen MR) is 126 cm³/mol. The Balaban J connectivity index is 1.71. The molecule has 2 N–H and O–H groups in total. The van der Waals surface area contributed by atoms with Crippen molar-refractivity contribution in [3.63, 3.8) is 0 Å². The second-order valence-corrected chi connectivity index (χ2v) is 7.81. The fourth-order valence-corrected chi connectivity index (χ4v) is 3.51. The van der Waals surface area contributed by atoms with E-state index in [1.807, 2.05) is 91.0 Å². The smallest absolute Gasteiger partial charge is 0.302 e. The highest BCUT2D eigenvalue weighted by molar-refractivity contribution is 5.82. The van der Waals surface area contributed by atoms with E-state index in [-0.39, 0.29) is 24.5 Å². The summed E-state index contributed by atoms with van der Waals surface area (Å²) in [4.78, 5) is 24.7. The summed E-state index contributed by atoms with van der Waals surface area (Å²) in [6.07, 6.45) is 1.14. The number of esters is 1. The molecular weight excluding hydrogens is 400 g/mol. The quantitative estimate of drug-likeness (QED) is 0.456. The van der Waals surface area contributed by atoms with Crippen LogP contribution in [0.15, 0.2) is 91.0 Å². The summed E-state index contributed by atoms with van der Waals surface area (Å²) in [5.41, 5.74) is 3.26. The van der Waals surface area contributed by atoms with Crippen molar-refractivity contribution in [2.75, 3.05) is 6.61 Å². The minimum atomic E-state index is -0.423. The van der Waals surface area contributed by atoms with Gasteiger partial charge >= 0.3 is 5.97 Å². The third-order valence-corrected chi connectivity index (χ3v) is 5.15. The fourth-order valence-electron chi connectivity index (χ4n) is 3.51. The lowest BCUT2D eigenvalue weighted by Gasteiger charge is -2.24. The molecule has 0 saturated heterocycles. The number of rotatable bonds is 11. The number of amides is 1. The normalized spacial score (nSPS) is 12.5. The molecule has 5 heteroatoms. The largest absolute Gasteiger partial charge is 0.464 e. The van der Waals surface area contributed by atoms with Crippen LogP contribution in [-0.2, 0) is 33.7 Å². The minimum Gasteiger partial charge on any atom is -0.464 e. The van der Waals surface area contributed by atoms with Crippen molar-refractivity contribution < 1.29 is 14.3 Å². The van der Waals surface area contributed by atoms with Crippen LogP contribution in [0.4, 0.5) is 0 Å². The third kappa shape index (κ3) is 8.00. The van der Waals surface area contributed by atoms with Gasteiger partial charge in [-0.25, -0.2) is 0 Å². The summed E-state index contributed by atoms with van der Waals surface area (Å²) in [5, 5.41) is 6.50. The molecule has 0 saturated carbocycles. The maximum absolute atomic E-state index is 13.3. The molecule has 3 rings (SSSR count). The van der Waals surface area contributed by atoms with Crippen LogP contribution in [0, 0.1) is 0 Å². The van der Waals surface area contributed by atoms with E-state index in [1.165, 1.54) is 6.92 Å². The van der Waals surface area contributed by atoms with Crippen LogP contribution in [0.2, 0.25) is 0 Å². The third-order valence-electron chi connectivity index (χ3n) is 5.15. The van der Waals surface area contributed by atoms with E-state index in [2.05, 4.69) is 10.6 Å². The number of hydrogen-bond donors (Lipinski definition) is 2. The molecule has 1 amide bonds. The summed E-state index contributed by atoms with van der Waals surface area (Å²) < 4.78 is 5.23. The molecule has 0 aliphatic heterocycles. The Bertz CT molecular complexity index is 962. The van der Waals surface area contributed by atoms with E-state index in [0.717, 1.165) is 16.7 Å². The fraction of sp³-hybridized carbons (Fsp3) is 0.259. The first kappa shape index (κ1) is 23.2. The molecule has 3 aromatic carbocycles. The summed E-state index contributed by atoms with van der Waals surface area (Å²) in [6, 6.07) is 29.1. The highest BCUT2D eigenvalue weighted by Crippen LogP contribution is 2.08. The van der Waals surface area contributed by atoms with Crippen molar-refractivity contribution >= 4 is 11.9 Å². The van der Waals surface area contributed by atoms with Gasteiger partial charge in [-0.15, -0.1) is 0 Å². The van der Waals surface area contributed by atoms with Crippen LogP contribution in [-0.4, -0.2) is 30.6 Å². The Morgan fingerprint density at radius 1 is 0.750 bits per heavy atom. The van der Waals surface area contributed by atoms with Crippen LogP contribution in [0.25, 0.3) is 0 Å². The Hall–Kier alpha value is -3.44. The first-order chi connectivity index (χ1) is 15.6. The Labute approximate surface area is 189 Å². The van der Waals surface area contributed by atoms with Crippen LogP contribution in [0.3, 0.4) is 0 Å². The van der Waals surface area contributed by atoms with E-state index >= 15 is 0 Å². The predicted octanol–water partition coefficient (Wildman–Crippen LogP) is 3.68. The van der Waals surface area contributed by atoms with E-state index < -0.39 is 6.04 Å². The Kier molecular flexibility index (Phi) is 9.02. The second kappa shape index (κ2) is 12.4. The van der Waals surface area contributed by atoms with Gasteiger partial charge in [-0.05, 0) is 29.5 Å². The first-order valence-electron chi connectivity index (χ1n) is 10.9. The molecule has 0 radical (unpaired) electrons. The van der Waals surface area contributed by atoms with Gasteiger partial charge in [-0.2, -0.15) is 0 Å². The molecular formula is C27H30N2O3. The number of carbonyl (C=O) groups excluding carboxylic acids is 2. The zero-order valence-corrected chi connectivity index (χ0v) is 18.4. The highest BCUT2D eigenvalue weighted by Gasteiger charge is 2.22. The summed E-state index contributed by atoms with van der Waals surface area (Å²) in [5.74, 6) is -0.474. The van der Waals surface area contributed by atoms with Gasteiger partial charge in [0.05, 0.1) is 12.1 Å². The number of carbonyl (C=O) groups is 2. The molecule has 0 aromatic heterocycles. The summed E-state index contributed by atoms with van der Waals surface area (Å²) in [7, 11) is 0. The molecule has 0 fully saturated rings. The van der Waals surface area contributed by atoms with Crippen LogP contribution >= 0.6 is 0 Å². The SMILES string of the molecule is CC(=O)OC[C@H](Cc1ccccc1)NC(=O)[C@@H](Cc1ccccc1)NCc1ccccc1. The van der Waals surface area contributed by atoms with Gasteiger partial charge in [0.1, 0.15) is 6.61 Å². The standard InChI is InChI=1S/C27H30N2O3/c1-21(30)32-20-25(17-22-11-5-2-6-12-22)29-27(31)26(18-23-13-7-3-8-14-23)28-19-24-15-9-4-10-16-24/h2-16,25-26,28H,17-20H2,1H3,(H,29,31)/t25-,26+/m0/s1. The number of hydrogen-bond acceptors (Lipinski definition) is 4. The van der Waals surface area contributed by atoms with Crippen LogP contribution in [0.5, 0.6) is 0 Å². The van der Waals surface area contributed by atoms with Gasteiger partial charge in [0, 0.05) is 13.5 Å². The topological polar surface area (TPSA) is 67.4 Å². The number of benzene rings is 3. The van der Waals surface area contributed by atoms with E-state index in [4.69, 9.17) is 4.74 Å². The lowest BCUT2D eigenvalue weighted by atomic mass is 10.0. The van der Waals surface area contributed by atoms with Crippen LogP contribution in [0.1, 0.15) is 23.6 Å². The second-order valence-electron chi connectivity index (χ2n) is 7.81. The molecule has 0 aliphatic rings. The lowest BCUT2D eigenvalue weighted by Crippen LogP contribution is -2.50. The first-order valence-corrected chi connectivity index (χ1v) is 10.9. The highest BCUT2D eigenvalue weighted by atomic mass is 16.5. The Morgan fingerprint density at radius 3 is 1.78 bits per heavy atom. The number of nitrogens with one attached hydrogen (secondary N) is 2. The van der Waals surface area contributed by atoms with Crippen molar-refractivity contribution in [1.82, 2.24) is 10.6 Å². The van der Waals surface area contributed by atoms with Crippen molar-refractivity contribution in [1.29, 1.82) is 0 Å². The van der Waals surface area contributed by atoms with Crippen molar-refractivity contribution in [2.24, 2.45) is 0 Å². The molecule has 166 valence electrons. The zero-order valence-electron chi connectivity index (χ0n) is 18.4. The Morgan fingerprint density at radius 2 is 1.25 bits per heavy atom. The van der Waals surface area contributed by atoms with Gasteiger partial charge in [-0.3, -0.25) is 9.59 Å².